The van der Waals surface area contributed by atoms with E-state index in [0.29, 0.717) is 0 Å². The average molecular weight is 349 g/mol. The number of hydrogen-bond donors (Lipinski definition) is 0. The highest BCUT2D eigenvalue weighted by atomic mass is 79.9. The van der Waals surface area contributed by atoms with Crippen LogP contribution in [0.1, 0.15) is 26.3 Å². The third kappa shape index (κ3) is 3.86. The van der Waals surface area contributed by atoms with Gasteiger partial charge in [0.2, 0.25) is 0 Å². The van der Waals surface area contributed by atoms with E-state index in [2.05, 4.69) is 73.1 Å². The molecule has 21 heavy (non-hydrogen) atoms. The Labute approximate surface area is 135 Å². The van der Waals surface area contributed by atoms with E-state index in [0.717, 1.165) is 15.8 Å². The van der Waals surface area contributed by atoms with E-state index >= 15 is 0 Å². The van der Waals surface area contributed by atoms with Gasteiger partial charge in [0.25, 0.3) is 0 Å². The second kappa shape index (κ2) is 6.63. The Morgan fingerprint density at radius 1 is 1.00 bits per heavy atom. The molecule has 0 aromatic heterocycles. The lowest BCUT2D eigenvalue weighted by Crippen LogP contribution is -2.15. The van der Waals surface area contributed by atoms with Crippen LogP contribution in [-0.2, 0) is 10.2 Å². The summed E-state index contributed by atoms with van der Waals surface area (Å²) in [6.07, 6.45) is 0. The first kappa shape index (κ1) is 16.1. The van der Waals surface area contributed by atoms with Crippen LogP contribution in [0.3, 0.4) is 0 Å². The molecule has 0 aliphatic rings. The monoisotopic (exact) mass is 348 g/mol. The first-order valence-electron chi connectivity index (χ1n) is 6.94. The first-order valence-corrected chi connectivity index (χ1v) is 7.74. The summed E-state index contributed by atoms with van der Waals surface area (Å²) in [5.41, 5.74) is 3.52. The molecule has 0 saturated heterocycles. The molecule has 0 fully saturated rings. The van der Waals surface area contributed by atoms with Crippen molar-refractivity contribution in [3.05, 3.63) is 52.5 Å². The van der Waals surface area contributed by atoms with Gasteiger partial charge in [-0.1, -0.05) is 51.1 Å². The number of benzene rings is 2. The van der Waals surface area contributed by atoms with Crippen LogP contribution in [0.5, 0.6) is 5.75 Å². The number of ether oxygens (including phenoxy) is 2. The van der Waals surface area contributed by atoms with Crippen LogP contribution >= 0.6 is 15.9 Å². The Hall–Kier alpha value is -1.32. The number of rotatable bonds is 4. The summed E-state index contributed by atoms with van der Waals surface area (Å²) in [6, 6.07) is 14.7. The lowest BCUT2D eigenvalue weighted by atomic mass is 9.84. The fraction of sp³-hybridized carbons (Fsp3) is 0.333. The lowest BCUT2D eigenvalue weighted by Gasteiger charge is -2.24. The van der Waals surface area contributed by atoms with Crippen molar-refractivity contribution in [3.8, 4) is 16.9 Å². The van der Waals surface area contributed by atoms with Crippen molar-refractivity contribution in [1.82, 2.24) is 0 Å². The van der Waals surface area contributed by atoms with E-state index in [1.54, 1.807) is 7.11 Å². The largest absolute Gasteiger partial charge is 0.466 e. The van der Waals surface area contributed by atoms with Crippen molar-refractivity contribution in [3.63, 3.8) is 0 Å². The van der Waals surface area contributed by atoms with Crippen molar-refractivity contribution >= 4 is 15.9 Å². The third-order valence-electron chi connectivity index (χ3n) is 3.28. The molecule has 0 N–H and O–H groups in total. The van der Waals surface area contributed by atoms with Gasteiger partial charge in [-0.25, -0.2) is 0 Å². The Bertz CT molecular complexity index is 601. The molecular formula is C18H21BrO2. The van der Waals surface area contributed by atoms with Gasteiger partial charge in [0.1, 0.15) is 5.75 Å². The van der Waals surface area contributed by atoms with Crippen LogP contribution in [0.2, 0.25) is 0 Å². The molecule has 0 saturated carbocycles. The fourth-order valence-corrected chi connectivity index (χ4v) is 2.79. The standard InChI is InChI=1S/C18H21BrO2/c1-18(2,3)15-10-14(13-8-6-5-7-9-13)11-16(19)17(15)21-12-20-4/h5-11H,12H2,1-4H3. The highest BCUT2D eigenvalue weighted by Crippen LogP contribution is 2.40. The van der Waals surface area contributed by atoms with Crippen molar-refractivity contribution in [1.29, 1.82) is 0 Å². The van der Waals surface area contributed by atoms with Gasteiger partial charge in [-0.05, 0) is 44.6 Å². The Morgan fingerprint density at radius 2 is 1.67 bits per heavy atom. The molecular weight excluding hydrogens is 328 g/mol. The molecule has 112 valence electrons. The smallest absolute Gasteiger partial charge is 0.188 e. The SMILES string of the molecule is COCOc1c(Br)cc(-c2ccccc2)cc1C(C)(C)C. The number of halogens is 1. The molecule has 0 unspecified atom stereocenters. The summed E-state index contributed by atoms with van der Waals surface area (Å²) in [6.45, 7) is 6.79. The van der Waals surface area contributed by atoms with Crippen LogP contribution in [0.15, 0.2) is 46.9 Å². The van der Waals surface area contributed by atoms with Gasteiger partial charge in [0.15, 0.2) is 6.79 Å². The summed E-state index contributed by atoms with van der Waals surface area (Å²) in [7, 11) is 1.63. The highest BCUT2D eigenvalue weighted by Gasteiger charge is 2.22. The zero-order valence-corrected chi connectivity index (χ0v) is 14.5. The maximum absolute atomic E-state index is 5.77. The van der Waals surface area contributed by atoms with E-state index < -0.39 is 0 Å². The second-order valence-corrected chi connectivity index (χ2v) is 6.86. The fourth-order valence-electron chi connectivity index (χ4n) is 2.21. The van der Waals surface area contributed by atoms with Gasteiger partial charge >= 0.3 is 0 Å². The van der Waals surface area contributed by atoms with Crippen molar-refractivity contribution < 1.29 is 9.47 Å². The molecule has 2 nitrogen and oxygen atoms in total. The number of methoxy groups -OCH3 is 1. The van der Waals surface area contributed by atoms with Crippen molar-refractivity contribution in [2.24, 2.45) is 0 Å². The van der Waals surface area contributed by atoms with E-state index in [9.17, 15) is 0 Å². The zero-order valence-electron chi connectivity index (χ0n) is 12.9. The van der Waals surface area contributed by atoms with Gasteiger partial charge < -0.3 is 9.47 Å². The van der Waals surface area contributed by atoms with Gasteiger partial charge in [0.05, 0.1) is 4.47 Å². The topological polar surface area (TPSA) is 18.5 Å². The van der Waals surface area contributed by atoms with E-state index in [-0.39, 0.29) is 12.2 Å². The molecule has 0 amide bonds. The minimum absolute atomic E-state index is 0.0175. The van der Waals surface area contributed by atoms with Gasteiger partial charge in [-0.3, -0.25) is 0 Å². The predicted molar refractivity (Wildman–Crippen MR) is 90.8 cm³/mol. The van der Waals surface area contributed by atoms with E-state index in [1.807, 2.05) is 6.07 Å². The van der Waals surface area contributed by atoms with Gasteiger partial charge in [-0.15, -0.1) is 0 Å². The molecule has 2 aromatic carbocycles. The minimum Gasteiger partial charge on any atom is -0.466 e. The molecule has 0 bridgehead atoms. The van der Waals surface area contributed by atoms with Crippen LogP contribution in [0.4, 0.5) is 0 Å². The van der Waals surface area contributed by atoms with Crippen molar-refractivity contribution in [2.45, 2.75) is 26.2 Å². The molecule has 2 rings (SSSR count). The molecule has 0 aliphatic carbocycles. The highest BCUT2D eigenvalue weighted by molar-refractivity contribution is 9.10. The Morgan fingerprint density at radius 3 is 2.24 bits per heavy atom. The predicted octanol–water partition coefficient (Wildman–Crippen LogP) is 5.40. The summed E-state index contributed by atoms with van der Waals surface area (Å²) in [4.78, 5) is 0. The molecule has 0 radical (unpaired) electrons. The van der Waals surface area contributed by atoms with Crippen LogP contribution in [0.25, 0.3) is 11.1 Å². The van der Waals surface area contributed by atoms with Crippen LogP contribution in [0, 0.1) is 0 Å². The minimum atomic E-state index is -0.0175. The molecule has 0 aliphatic heterocycles. The molecule has 0 heterocycles. The maximum atomic E-state index is 5.77. The van der Waals surface area contributed by atoms with Gasteiger partial charge in [-0.2, -0.15) is 0 Å². The first-order chi connectivity index (χ1) is 9.93. The lowest BCUT2D eigenvalue weighted by molar-refractivity contribution is 0.0492. The molecule has 3 heteroatoms. The molecule has 0 spiro atoms. The molecule has 2 aromatic rings. The Kier molecular flexibility index (Phi) is 5.07. The average Bonchev–Trinajstić information content (AvgIpc) is 2.45. The summed E-state index contributed by atoms with van der Waals surface area (Å²) in [5, 5.41) is 0. The van der Waals surface area contributed by atoms with E-state index in [1.165, 1.54) is 11.1 Å². The second-order valence-electron chi connectivity index (χ2n) is 6.00. The van der Waals surface area contributed by atoms with Crippen molar-refractivity contribution in [2.75, 3.05) is 13.9 Å². The number of hydrogen-bond acceptors (Lipinski definition) is 2. The summed E-state index contributed by atoms with van der Waals surface area (Å²) < 4.78 is 11.8. The summed E-state index contributed by atoms with van der Waals surface area (Å²) in [5.74, 6) is 0.851. The maximum Gasteiger partial charge on any atom is 0.188 e. The zero-order chi connectivity index (χ0) is 15.5. The van der Waals surface area contributed by atoms with Crippen LogP contribution in [-0.4, -0.2) is 13.9 Å². The van der Waals surface area contributed by atoms with E-state index in [4.69, 9.17) is 9.47 Å². The van der Waals surface area contributed by atoms with Crippen LogP contribution < -0.4 is 4.74 Å². The summed E-state index contributed by atoms with van der Waals surface area (Å²) >= 11 is 3.64. The third-order valence-corrected chi connectivity index (χ3v) is 3.87. The quantitative estimate of drug-likeness (QED) is 0.689. The molecule has 0 atom stereocenters. The Balaban J connectivity index is 2.55. The normalized spacial score (nSPS) is 11.5. The van der Waals surface area contributed by atoms with Gasteiger partial charge in [0, 0.05) is 12.7 Å².